The van der Waals surface area contributed by atoms with Crippen LogP contribution in [0.1, 0.15) is 48.3 Å². The number of thiophene rings is 1. The van der Waals surface area contributed by atoms with E-state index in [-0.39, 0.29) is 23.8 Å². The Morgan fingerprint density at radius 3 is 3.00 bits per heavy atom. The molecular weight excluding hydrogens is 396 g/mol. The summed E-state index contributed by atoms with van der Waals surface area (Å²) in [6.07, 6.45) is 2.49. The van der Waals surface area contributed by atoms with E-state index in [4.69, 9.17) is 4.74 Å². The van der Waals surface area contributed by atoms with Crippen molar-refractivity contribution in [2.24, 2.45) is 5.92 Å². The van der Waals surface area contributed by atoms with E-state index in [2.05, 4.69) is 21.0 Å². The van der Waals surface area contributed by atoms with Gasteiger partial charge in [0.25, 0.3) is 0 Å². The number of hydrogen-bond donors (Lipinski definition) is 1. The summed E-state index contributed by atoms with van der Waals surface area (Å²) < 4.78 is 6.79. The fourth-order valence-corrected chi connectivity index (χ4v) is 5.80. The molecule has 1 N–H and O–H groups in total. The maximum Gasteiger partial charge on any atom is 0.310 e. The van der Waals surface area contributed by atoms with Gasteiger partial charge >= 0.3 is 5.97 Å². The molecule has 150 valence electrons. The number of rotatable bonds is 6. The summed E-state index contributed by atoms with van der Waals surface area (Å²) in [6.45, 7) is 5.72. The number of ether oxygens (including phenoxy) is 1. The largest absolute Gasteiger partial charge is 0.492 e. The summed E-state index contributed by atoms with van der Waals surface area (Å²) in [7, 11) is 0. The highest BCUT2D eigenvalue weighted by Gasteiger charge is 2.35. The number of carbonyl (C=O) groups is 1. The van der Waals surface area contributed by atoms with Crippen LogP contribution in [0.2, 0.25) is 0 Å². The Morgan fingerprint density at radius 2 is 2.32 bits per heavy atom. The van der Waals surface area contributed by atoms with E-state index < -0.39 is 0 Å². The van der Waals surface area contributed by atoms with Crippen LogP contribution < -0.4 is 0 Å². The second-order valence-corrected chi connectivity index (χ2v) is 8.86. The van der Waals surface area contributed by atoms with Crippen molar-refractivity contribution in [3.63, 3.8) is 0 Å². The van der Waals surface area contributed by atoms with Crippen LogP contribution in [0, 0.1) is 5.92 Å². The molecule has 1 aliphatic rings. The van der Waals surface area contributed by atoms with Gasteiger partial charge in [-0.3, -0.25) is 9.69 Å². The van der Waals surface area contributed by atoms with E-state index in [0.717, 1.165) is 41.4 Å². The molecule has 1 saturated heterocycles. The highest BCUT2D eigenvalue weighted by molar-refractivity contribution is 7.17. The third-order valence-electron chi connectivity index (χ3n) is 5.06. The molecule has 4 heterocycles. The molecule has 3 aromatic rings. The minimum Gasteiger partial charge on any atom is -0.492 e. The van der Waals surface area contributed by atoms with E-state index in [1.807, 2.05) is 25.3 Å². The molecule has 0 radical (unpaired) electrons. The van der Waals surface area contributed by atoms with Gasteiger partial charge < -0.3 is 9.84 Å². The van der Waals surface area contributed by atoms with Gasteiger partial charge in [0, 0.05) is 17.8 Å². The second kappa shape index (κ2) is 8.18. The van der Waals surface area contributed by atoms with Crippen molar-refractivity contribution in [3.8, 4) is 5.88 Å². The minimum atomic E-state index is -0.132. The lowest BCUT2D eigenvalue weighted by Crippen LogP contribution is -2.41. The second-order valence-electron chi connectivity index (χ2n) is 6.87. The van der Waals surface area contributed by atoms with Crippen molar-refractivity contribution in [2.75, 3.05) is 19.7 Å². The first-order chi connectivity index (χ1) is 13.6. The van der Waals surface area contributed by atoms with Crippen LogP contribution in [-0.2, 0) is 16.0 Å². The van der Waals surface area contributed by atoms with Gasteiger partial charge in [0.2, 0.25) is 10.8 Å². The van der Waals surface area contributed by atoms with E-state index in [0.29, 0.717) is 18.1 Å². The van der Waals surface area contributed by atoms with Gasteiger partial charge in [-0.25, -0.2) is 4.98 Å². The van der Waals surface area contributed by atoms with Crippen LogP contribution in [0.4, 0.5) is 0 Å². The molecule has 0 aliphatic carbocycles. The number of likely N-dealkylation sites (tertiary alicyclic amines) is 1. The predicted molar refractivity (Wildman–Crippen MR) is 109 cm³/mol. The van der Waals surface area contributed by atoms with Crippen molar-refractivity contribution >= 4 is 33.6 Å². The van der Waals surface area contributed by atoms with Gasteiger partial charge in [-0.2, -0.15) is 4.52 Å². The summed E-state index contributed by atoms with van der Waals surface area (Å²) in [5, 5.41) is 17.4. The zero-order valence-corrected chi connectivity index (χ0v) is 17.6. The van der Waals surface area contributed by atoms with E-state index >= 15 is 0 Å². The molecule has 0 unspecified atom stereocenters. The van der Waals surface area contributed by atoms with Gasteiger partial charge in [0.15, 0.2) is 5.82 Å². The Kier molecular flexibility index (Phi) is 5.65. The molecule has 28 heavy (non-hydrogen) atoms. The number of nitrogens with zero attached hydrogens (tertiary/aromatic N) is 4. The summed E-state index contributed by atoms with van der Waals surface area (Å²) in [6, 6.07) is 3.98. The molecule has 3 aromatic heterocycles. The van der Waals surface area contributed by atoms with Gasteiger partial charge in [0.1, 0.15) is 0 Å². The summed E-state index contributed by atoms with van der Waals surface area (Å²) >= 11 is 3.12. The average molecular weight is 421 g/mol. The van der Waals surface area contributed by atoms with Crippen LogP contribution in [0.15, 0.2) is 17.5 Å². The first-order valence-electron chi connectivity index (χ1n) is 9.63. The molecule has 0 aromatic carbocycles. The maximum absolute atomic E-state index is 12.3. The molecule has 0 spiro atoms. The van der Waals surface area contributed by atoms with Crippen molar-refractivity contribution in [3.05, 3.63) is 33.1 Å². The first kappa shape index (κ1) is 19.4. The quantitative estimate of drug-likeness (QED) is 0.615. The fourth-order valence-electron chi connectivity index (χ4n) is 3.73. The van der Waals surface area contributed by atoms with Gasteiger partial charge in [-0.15, -0.1) is 16.4 Å². The Labute approximate surface area is 171 Å². The standard InChI is InChI=1S/C19H24N4O3S2/c1-3-14-20-19-23(21-14)17(24)16(28-19)15(13-8-6-10-27-13)22-9-5-7-12(11-22)18(25)26-4-2/h6,8,10,12,15,24H,3-5,7,9,11H2,1-2H3/t12-,15+/m1/s1. The molecule has 9 heteroatoms. The fraction of sp³-hybridized carbons (Fsp3) is 0.526. The Balaban J connectivity index is 1.70. The number of aromatic hydroxyl groups is 1. The first-order valence-corrected chi connectivity index (χ1v) is 11.3. The van der Waals surface area contributed by atoms with Crippen molar-refractivity contribution < 1.29 is 14.6 Å². The lowest BCUT2D eigenvalue weighted by Gasteiger charge is -2.36. The zero-order chi connectivity index (χ0) is 19.7. The number of fused-ring (bicyclic) bond motifs is 1. The average Bonchev–Trinajstić information content (AvgIpc) is 3.42. The van der Waals surface area contributed by atoms with E-state index in [1.54, 1.807) is 11.3 Å². The minimum absolute atomic E-state index is 0.115. The molecule has 0 amide bonds. The molecular formula is C19H24N4O3S2. The van der Waals surface area contributed by atoms with Crippen LogP contribution >= 0.6 is 22.7 Å². The Morgan fingerprint density at radius 1 is 1.46 bits per heavy atom. The molecule has 4 rings (SSSR count). The number of aromatic nitrogens is 3. The van der Waals surface area contributed by atoms with Gasteiger partial charge in [-0.05, 0) is 37.8 Å². The highest BCUT2D eigenvalue weighted by atomic mass is 32.1. The monoisotopic (exact) mass is 420 g/mol. The lowest BCUT2D eigenvalue weighted by atomic mass is 9.96. The Hall–Kier alpha value is -1.97. The summed E-state index contributed by atoms with van der Waals surface area (Å²) in [5.74, 6) is 0.605. The normalized spacial score (nSPS) is 19.1. The predicted octanol–water partition coefficient (Wildman–Crippen LogP) is 3.48. The van der Waals surface area contributed by atoms with Gasteiger partial charge in [-0.1, -0.05) is 24.3 Å². The third-order valence-corrected chi connectivity index (χ3v) is 7.06. The molecule has 0 saturated carbocycles. The zero-order valence-electron chi connectivity index (χ0n) is 16.0. The number of esters is 1. The highest BCUT2D eigenvalue weighted by Crippen LogP contribution is 2.42. The van der Waals surface area contributed by atoms with Crippen LogP contribution in [0.5, 0.6) is 5.88 Å². The van der Waals surface area contributed by atoms with Crippen LogP contribution in [0.3, 0.4) is 0 Å². The lowest BCUT2D eigenvalue weighted by molar-refractivity contribution is -0.150. The van der Waals surface area contributed by atoms with Crippen LogP contribution in [-0.4, -0.2) is 50.3 Å². The van der Waals surface area contributed by atoms with E-state index in [9.17, 15) is 9.90 Å². The SMILES string of the molecule is CCOC(=O)[C@@H]1CCCN([C@@H](c2cccs2)c2sc3nc(CC)nn3c2O)C1. The van der Waals surface area contributed by atoms with Crippen molar-refractivity contribution in [1.29, 1.82) is 0 Å². The van der Waals surface area contributed by atoms with Gasteiger partial charge in [0.05, 0.1) is 23.4 Å². The molecule has 1 fully saturated rings. The molecule has 1 aliphatic heterocycles. The van der Waals surface area contributed by atoms with Crippen molar-refractivity contribution in [1.82, 2.24) is 19.5 Å². The number of hydrogen-bond acceptors (Lipinski definition) is 8. The number of aryl methyl sites for hydroxylation is 1. The molecule has 2 atom stereocenters. The van der Waals surface area contributed by atoms with Crippen molar-refractivity contribution in [2.45, 2.75) is 39.2 Å². The number of thiazole rings is 1. The van der Waals surface area contributed by atoms with Crippen LogP contribution in [0.25, 0.3) is 4.96 Å². The summed E-state index contributed by atoms with van der Waals surface area (Å²) in [5.41, 5.74) is 0. The summed E-state index contributed by atoms with van der Waals surface area (Å²) in [4.78, 5) is 21.8. The topological polar surface area (TPSA) is 80.0 Å². The molecule has 0 bridgehead atoms. The number of carbonyl (C=O) groups excluding carboxylic acids is 1. The smallest absolute Gasteiger partial charge is 0.310 e. The maximum atomic E-state index is 12.3. The van der Waals surface area contributed by atoms with E-state index in [1.165, 1.54) is 15.9 Å². The molecule has 7 nitrogen and oxygen atoms in total. The number of piperidine rings is 1. The Bertz CT molecular complexity index is 950. The third kappa shape index (κ3) is 3.54.